The lowest BCUT2D eigenvalue weighted by atomic mass is 10.1. The third-order valence-electron chi connectivity index (χ3n) is 4.33. The van der Waals surface area contributed by atoms with Gasteiger partial charge in [-0.3, -0.25) is 9.79 Å². The Kier molecular flexibility index (Phi) is 9.65. The van der Waals surface area contributed by atoms with Crippen LogP contribution in [0.2, 0.25) is 0 Å². The van der Waals surface area contributed by atoms with Gasteiger partial charge in [-0.2, -0.15) is 0 Å². The number of methoxy groups -OCH3 is 2. The molecule has 0 fully saturated rings. The van der Waals surface area contributed by atoms with E-state index >= 15 is 0 Å². The highest BCUT2D eigenvalue weighted by atomic mass is 16.5. The molecule has 3 aromatic rings. The quantitative estimate of drug-likeness (QED) is 0.485. The number of nitrogens with zero attached hydrogens (tertiary/aromatic N) is 1. The predicted molar refractivity (Wildman–Crippen MR) is 121 cm³/mol. The smallest absolute Gasteiger partial charge is 0.335 e. The van der Waals surface area contributed by atoms with Crippen LogP contribution in [0.25, 0.3) is 0 Å². The number of hydrogen-bond donors (Lipinski definition) is 1. The molecule has 0 aliphatic carbocycles. The van der Waals surface area contributed by atoms with E-state index in [1.165, 1.54) is 14.2 Å². The zero-order chi connectivity index (χ0) is 22.5. The number of nitrogens with two attached hydrogens (primary N) is 1. The molecule has 6 nitrogen and oxygen atoms in total. The first-order chi connectivity index (χ1) is 15.1. The molecule has 160 valence electrons. The first-order valence-electron chi connectivity index (χ1n) is 9.66. The lowest BCUT2D eigenvalue weighted by Gasteiger charge is -2.10. The number of aliphatic imine (C=N–C) groups is 1. The molecule has 0 amide bonds. The fraction of sp³-hybridized carbons (Fsp3) is 0.160. The number of carbonyl (C=O) groups is 2. The van der Waals surface area contributed by atoms with Crippen LogP contribution in [0.1, 0.15) is 28.8 Å². The van der Waals surface area contributed by atoms with Crippen LogP contribution in [0.15, 0.2) is 96.0 Å². The van der Waals surface area contributed by atoms with Crippen LogP contribution in [0.4, 0.5) is 0 Å². The zero-order valence-electron chi connectivity index (χ0n) is 17.5. The molecule has 0 saturated heterocycles. The van der Waals surface area contributed by atoms with Crippen LogP contribution in [0, 0.1) is 0 Å². The summed E-state index contributed by atoms with van der Waals surface area (Å²) in [5.74, 6) is -0.778. The monoisotopic (exact) mass is 418 g/mol. The van der Waals surface area contributed by atoms with Gasteiger partial charge in [0.2, 0.25) is 0 Å². The maximum absolute atomic E-state index is 11.8. The molecule has 2 unspecified atom stereocenters. The Bertz CT molecular complexity index is 961. The SMILES string of the molecule is COC(=O)C(N)c1ccccc1.COC(=O)C(N=Cc1ccccc1)c1ccccc1. The normalized spacial score (nSPS) is 12.2. The maximum Gasteiger partial charge on any atom is 0.335 e. The third kappa shape index (κ3) is 7.53. The van der Waals surface area contributed by atoms with Gasteiger partial charge in [0.1, 0.15) is 6.04 Å². The summed E-state index contributed by atoms with van der Waals surface area (Å²) in [6, 6.07) is 26.9. The molecule has 0 spiro atoms. The van der Waals surface area contributed by atoms with Gasteiger partial charge in [0, 0.05) is 6.21 Å². The summed E-state index contributed by atoms with van der Waals surface area (Å²) >= 11 is 0. The second kappa shape index (κ2) is 12.7. The van der Waals surface area contributed by atoms with E-state index in [0.29, 0.717) is 0 Å². The Hall–Kier alpha value is -3.77. The van der Waals surface area contributed by atoms with Gasteiger partial charge >= 0.3 is 11.9 Å². The fourth-order valence-electron chi connectivity index (χ4n) is 2.65. The minimum absolute atomic E-state index is 0.363. The van der Waals surface area contributed by atoms with E-state index in [1.54, 1.807) is 18.3 Å². The van der Waals surface area contributed by atoms with Crippen molar-refractivity contribution in [2.45, 2.75) is 12.1 Å². The van der Waals surface area contributed by atoms with Crippen LogP contribution in [-0.4, -0.2) is 32.4 Å². The van der Waals surface area contributed by atoms with E-state index < -0.39 is 18.1 Å². The highest BCUT2D eigenvalue weighted by molar-refractivity contribution is 5.84. The molecule has 2 atom stereocenters. The minimum Gasteiger partial charge on any atom is -0.468 e. The summed E-state index contributed by atoms with van der Waals surface area (Å²) in [7, 11) is 2.70. The summed E-state index contributed by atoms with van der Waals surface area (Å²) in [5, 5.41) is 0. The van der Waals surface area contributed by atoms with Crippen molar-refractivity contribution in [3.63, 3.8) is 0 Å². The molecular formula is C25H26N2O4. The number of hydrogen-bond acceptors (Lipinski definition) is 6. The molecule has 0 bridgehead atoms. The van der Waals surface area contributed by atoms with Crippen LogP contribution in [0.3, 0.4) is 0 Å². The molecule has 0 radical (unpaired) electrons. The van der Waals surface area contributed by atoms with E-state index in [1.807, 2.05) is 78.9 Å². The van der Waals surface area contributed by atoms with Crippen molar-refractivity contribution < 1.29 is 19.1 Å². The summed E-state index contributed by atoms with van der Waals surface area (Å²) in [6.45, 7) is 0. The molecule has 0 aliphatic rings. The van der Waals surface area contributed by atoms with Crippen LogP contribution >= 0.6 is 0 Å². The van der Waals surface area contributed by atoms with Crippen molar-refractivity contribution in [3.05, 3.63) is 108 Å². The fourth-order valence-corrected chi connectivity index (χ4v) is 2.65. The maximum atomic E-state index is 11.8. The third-order valence-corrected chi connectivity index (χ3v) is 4.33. The van der Waals surface area contributed by atoms with Gasteiger partial charge < -0.3 is 15.2 Å². The molecule has 6 heteroatoms. The summed E-state index contributed by atoms with van der Waals surface area (Å²) < 4.78 is 9.30. The predicted octanol–water partition coefficient (Wildman–Crippen LogP) is 3.88. The Balaban J connectivity index is 0.000000245. The molecule has 0 saturated carbocycles. The molecule has 3 rings (SSSR count). The lowest BCUT2D eigenvalue weighted by Crippen LogP contribution is -2.22. The van der Waals surface area contributed by atoms with Gasteiger partial charge in [-0.05, 0) is 16.7 Å². The summed E-state index contributed by atoms with van der Waals surface area (Å²) in [4.78, 5) is 27.1. The Morgan fingerprint density at radius 1 is 0.742 bits per heavy atom. The summed E-state index contributed by atoms with van der Waals surface area (Å²) in [6.07, 6.45) is 1.69. The van der Waals surface area contributed by atoms with Crippen LogP contribution in [0.5, 0.6) is 0 Å². The highest BCUT2D eigenvalue weighted by Gasteiger charge is 2.19. The largest absolute Gasteiger partial charge is 0.468 e. The molecule has 0 aliphatic heterocycles. The Morgan fingerprint density at radius 2 is 1.19 bits per heavy atom. The van der Waals surface area contributed by atoms with E-state index in [-0.39, 0.29) is 5.97 Å². The second-order valence-electron chi connectivity index (χ2n) is 6.44. The van der Waals surface area contributed by atoms with Gasteiger partial charge in [0.05, 0.1) is 14.2 Å². The molecule has 2 N–H and O–H groups in total. The van der Waals surface area contributed by atoms with E-state index in [2.05, 4.69) is 9.73 Å². The van der Waals surface area contributed by atoms with Crippen molar-refractivity contribution in [1.82, 2.24) is 0 Å². The molecule has 31 heavy (non-hydrogen) atoms. The average molecular weight is 418 g/mol. The van der Waals surface area contributed by atoms with Crippen LogP contribution in [-0.2, 0) is 19.1 Å². The molecular weight excluding hydrogens is 392 g/mol. The van der Waals surface area contributed by atoms with Gasteiger partial charge in [0.15, 0.2) is 6.04 Å². The molecule has 0 aromatic heterocycles. The van der Waals surface area contributed by atoms with Crippen molar-refractivity contribution in [1.29, 1.82) is 0 Å². The van der Waals surface area contributed by atoms with E-state index in [9.17, 15) is 9.59 Å². The zero-order valence-corrected chi connectivity index (χ0v) is 17.5. The summed E-state index contributed by atoms with van der Waals surface area (Å²) in [5.41, 5.74) is 8.11. The van der Waals surface area contributed by atoms with Gasteiger partial charge in [-0.15, -0.1) is 0 Å². The van der Waals surface area contributed by atoms with Crippen molar-refractivity contribution in [2.75, 3.05) is 14.2 Å². The van der Waals surface area contributed by atoms with Gasteiger partial charge in [-0.1, -0.05) is 91.0 Å². The van der Waals surface area contributed by atoms with E-state index in [0.717, 1.165) is 16.7 Å². The van der Waals surface area contributed by atoms with Crippen molar-refractivity contribution >= 4 is 18.2 Å². The molecule has 0 heterocycles. The topological polar surface area (TPSA) is 91.0 Å². The minimum atomic E-state index is -0.670. The van der Waals surface area contributed by atoms with Crippen molar-refractivity contribution in [3.8, 4) is 0 Å². The number of rotatable bonds is 6. The number of ether oxygens (including phenoxy) is 2. The highest BCUT2D eigenvalue weighted by Crippen LogP contribution is 2.18. The first-order valence-corrected chi connectivity index (χ1v) is 9.66. The molecule has 3 aromatic carbocycles. The standard InChI is InChI=1S/C16H15NO2.C9H11NO2/c1-19-16(18)15(14-10-6-3-7-11-14)17-12-13-8-4-2-5-9-13;1-12-9(11)8(10)7-5-3-2-4-6-7/h2-12,15H,1H3;2-6,8H,10H2,1H3. The van der Waals surface area contributed by atoms with Crippen molar-refractivity contribution in [2.24, 2.45) is 10.7 Å². The second-order valence-corrected chi connectivity index (χ2v) is 6.44. The Morgan fingerprint density at radius 3 is 1.68 bits per heavy atom. The van der Waals surface area contributed by atoms with Gasteiger partial charge in [-0.25, -0.2) is 4.79 Å². The van der Waals surface area contributed by atoms with Crippen LogP contribution < -0.4 is 5.73 Å². The average Bonchev–Trinajstić information content (AvgIpc) is 2.85. The van der Waals surface area contributed by atoms with E-state index in [4.69, 9.17) is 10.5 Å². The number of esters is 2. The first kappa shape index (κ1) is 23.5. The Labute approximate surface area is 182 Å². The number of benzene rings is 3. The number of carbonyl (C=O) groups excluding carboxylic acids is 2. The van der Waals surface area contributed by atoms with Gasteiger partial charge in [0.25, 0.3) is 0 Å². The lowest BCUT2D eigenvalue weighted by molar-refractivity contribution is -0.143.